The molecule has 1 amide bonds. The number of para-hydroxylation sites is 1. The van der Waals surface area contributed by atoms with E-state index in [1.165, 1.54) is 0 Å². The number of aryl methyl sites for hydroxylation is 1. The Morgan fingerprint density at radius 2 is 2.12 bits per heavy atom. The molecule has 0 aliphatic rings. The first-order valence-corrected chi connectivity index (χ1v) is 5.50. The number of furan rings is 1. The third kappa shape index (κ3) is 2.09. The molecule has 88 valence electrons. The van der Waals surface area contributed by atoms with Gasteiger partial charge >= 0.3 is 0 Å². The molecule has 3 heteroatoms. The lowest BCUT2D eigenvalue weighted by Crippen LogP contribution is -2.20. The largest absolute Gasteiger partial charge is 0.461 e. The first kappa shape index (κ1) is 11.5. The van der Waals surface area contributed by atoms with Crippen molar-refractivity contribution in [2.45, 2.75) is 13.3 Å². The topological polar surface area (TPSA) is 42.2 Å². The van der Waals surface area contributed by atoms with Crippen LogP contribution in [0.15, 0.2) is 40.8 Å². The van der Waals surface area contributed by atoms with E-state index in [0.717, 1.165) is 22.3 Å². The SMILES string of the molecule is C=C(Cc1c(C)oc2ccccc12)C(=O)NC. The third-order valence-electron chi connectivity index (χ3n) is 2.84. The van der Waals surface area contributed by atoms with Crippen molar-refractivity contribution in [1.29, 1.82) is 0 Å². The van der Waals surface area contributed by atoms with E-state index in [1.54, 1.807) is 7.05 Å². The summed E-state index contributed by atoms with van der Waals surface area (Å²) in [6.07, 6.45) is 0.516. The number of hydrogen-bond acceptors (Lipinski definition) is 2. The Hall–Kier alpha value is -2.03. The Bertz CT molecular complexity index is 581. The maximum absolute atomic E-state index is 11.4. The van der Waals surface area contributed by atoms with Gasteiger partial charge in [-0.05, 0) is 13.0 Å². The second-order valence-corrected chi connectivity index (χ2v) is 3.99. The Labute approximate surface area is 100 Å². The fourth-order valence-corrected chi connectivity index (χ4v) is 1.91. The van der Waals surface area contributed by atoms with Gasteiger partial charge in [0.05, 0.1) is 0 Å². The molecule has 2 aromatic rings. The number of carbonyl (C=O) groups is 1. The van der Waals surface area contributed by atoms with Crippen molar-refractivity contribution < 1.29 is 9.21 Å². The van der Waals surface area contributed by atoms with Crippen molar-refractivity contribution in [2.75, 3.05) is 7.05 Å². The van der Waals surface area contributed by atoms with E-state index in [1.807, 2.05) is 31.2 Å². The second-order valence-electron chi connectivity index (χ2n) is 3.99. The number of carbonyl (C=O) groups excluding carboxylic acids is 1. The maximum Gasteiger partial charge on any atom is 0.246 e. The van der Waals surface area contributed by atoms with Crippen LogP contribution in [-0.4, -0.2) is 13.0 Å². The highest BCUT2D eigenvalue weighted by Crippen LogP contribution is 2.26. The molecule has 1 N–H and O–H groups in total. The summed E-state index contributed by atoms with van der Waals surface area (Å²) >= 11 is 0. The summed E-state index contributed by atoms with van der Waals surface area (Å²) in [6.45, 7) is 5.70. The lowest BCUT2D eigenvalue weighted by Gasteiger charge is -2.03. The minimum Gasteiger partial charge on any atom is -0.461 e. The highest BCUT2D eigenvalue weighted by atomic mass is 16.3. The van der Waals surface area contributed by atoms with Gasteiger partial charge in [-0.3, -0.25) is 4.79 Å². The normalized spacial score (nSPS) is 10.5. The summed E-state index contributed by atoms with van der Waals surface area (Å²) in [5.74, 6) is 0.714. The molecule has 0 saturated heterocycles. The molecule has 0 bridgehead atoms. The Morgan fingerprint density at radius 3 is 2.82 bits per heavy atom. The number of likely N-dealkylation sites (N-methyl/N-ethyl adjacent to an activating group) is 1. The molecule has 3 nitrogen and oxygen atoms in total. The van der Waals surface area contributed by atoms with Crippen LogP contribution in [0.2, 0.25) is 0 Å². The molecule has 2 rings (SSSR count). The van der Waals surface area contributed by atoms with Gasteiger partial charge in [-0.25, -0.2) is 0 Å². The average Bonchev–Trinajstić information content (AvgIpc) is 2.65. The molecule has 0 spiro atoms. The molecule has 1 aromatic carbocycles. The van der Waals surface area contributed by atoms with Crippen molar-refractivity contribution in [3.8, 4) is 0 Å². The highest BCUT2D eigenvalue weighted by Gasteiger charge is 2.14. The van der Waals surface area contributed by atoms with Crippen LogP contribution in [0.5, 0.6) is 0 Å². The van der Waals surface area contributed by atoms with E-state index < -0.39 is 0 Å². The standard InChI is InChI=1S/C14H15NO2/c1-9(14(16)15-3)8-12-10(2)17-13-7-5-4-6-11(12)13/h4-7H,1,8H2,2-3H3,(H,15,16). The van der Waals surface area contributed by atoms with Gasteiger partial charge in [0.1, 0.15) is 11.3 Å². The quantitative estimate of drug-likeness (QED) is 0.822. The Kier molecular flexibility index (Phi) is 3.00. The van der Waals surface area contributed by atoms with E-state index in [-0.39, 0.29) is 5.91 Å². The van der Waals surface area contributed by atoms with Crippen molar-refractivity contribution in [1.82, 2.24) is 5.32 Å². The van der Waals surface area contributed by atoms with Crippen LogP contribution in [0, 0.1) is 6.92 Å². The first-order valence-electron chi connectivity index (χ1n) is 5.50. The lowest BCUT2D eigenvalue weighted by atomic mass is 10.0. The van der Waals surface area contributed by atoms with Gasteiger partial charge < -0.3 is 9.73 Å². The van der Waals surface area contributed by atoms with Gasteiger partial charge in [-0.1, -0.05) is 24.8 Å². The van der Waals surface area contributed by atoms with Gasteiger partial charge in [0.25, 0.3) is 0 Å². The van der Waals surface area contributed by atoms with E-state index in [4.69, 9.17) is 4.42 Å². The van der Waals surface area contributed by atoms with Crippen molar-refractivity contribution in [3.63, 3.8) is 0 Å². The zero-order valence-corrected chi connectivity index (χ0v) is 10.0. The van der Waals surface area contributed by atoms with Crippen LogP contribution in [0.4, 0.5) is 0 Å². The minimum atomic E-state index is -0.130. The molecule has 1 heterocycles. The Balaban J connectivity index is 2.39. The van der Waals surface area contributed by atoms with Gasteiger partial charge in [0, 0.05) is 30.0 Å². The summed E-state index contributed by atoms with van der Waals surface area (Å²) in [5, 5.41) is 3.63. The molecule has 0 saturated carbocycles. The lowest BCUT2D eigenvalue weighted by molar-refractivity contribution is -0.117. The summed E-state index contributed by atoms with van der Waals surface area (Å²) < 4.78 is 5.64. The van der Waals surface area contributed by atoms with Gasteiger partial charge in [0.15, 0.2) is 0 Å². The molecule has 0 aliphatic heterocycles. The molecule has 17 heavy (non-hydrogen) atoms. The number of amides is 1. The molecule has 0 unspecified atom stereocenters. The monoisotopic (exact) mass is 229 g/mol. The van der Waals surface area contributed by atoms with E-state index in [0.29, 0.717) is 12.0 Å². The van der Waals surface area contributed by atoms with Gasteiger partial charge in [-0.15, -0.1) is 0 Å². The molecular formula is C14H15NO2. The Morgan fingerprint density at radius 1 is 1.41 bits per heavy atom. The minimum absolute atomic E-state index is 0.130. The van der Waals surface area contributed by atoms with Crippen LogP contribution < -0.4 is 5.32 Å². The fourth-order valence-electron chi connectivity index (χ4n) is 1.91. The molecule has 0 atom stereocenters. The van der Waals surface area contributed by atoms with Crippen LogP contribution in [0.1, 0.15) is 11.3 Å². The zero-order valence-electron chi connectivity index (χ0n) is 10.0. The average molecular weight is 229 g/mol. The first-order chi connectivity index (χ1) is 8.13. The number of nitrogens with one attached hydrogen (secondary N) is 1. The molecule has 0 fully saturated rings. The molecular weight excluding hydrogens is 214 g/mol. The van der Waals surface area contributed by atoms with E-state index >= 15 is 0 Å². The van der Waals surface area contributed by atoms with Crippen LogP contribution in [0.25, 0.3) is 11.0 Å². The summed E-state index contributed by atoms with van der Waals surface area (Å²) in [6, 6.07) is 7.82. The maximum atomic E-state index is 11.4. The predicted molar refractivity (Wildman–Crippen MR) is 67.9 cm³/mol. The zero-order chi connectivity index (χ0) is 12.4. The predicted octanol–water partition coefficient (Wildman–Crippen LogP) is 2.59. The summed E-state index contributed by atoms with van der Waals surface area (Å²) in [5.41, 5.74) is 2.43. The van der Waals surface area contributed by atoms with E-state index in [2.05, 4.69) is 11.9 Å². The highest BCUT2D eigenvalue weighted by molar-refractivity contribution is 5.94. The van der Waals surface area contributed by atoms with Gasteiger partial charge in [-0.2, -0.15) is 0 Å². The van der Waals surface area contributed by atoms with Gasteiger partial charge in [0.2, 0.25) is 5.91 Å². The number of benzene rings is 1. The molecule has 1 aromatic heterocycles. The fraction of sp³-hybridized carbons (Fsp3) is 0.214. The number of hydrogen-bond donors (Lipinski definition) is 1. The smallest absolute Gasteiger partial charge is 0.246 e. The van der Waals surface area contributed by atoms with Crippen LogP contribution in [0.3, 0.4) is 0 Å². The third-order valence-corrected chi connectivity index (χ3v) is 2.84. The van der Waals surface area contributed by atoms with E-state index in [9.17, 15) is 4.79 Å². The van der Waals surface area contributed by atoms with Crippen LogP contribution >= 0.6 is 0 Å². The second kappa shape index (κ2) is 4.45. The molecule has 0 radical (unpaired) electrons. The molecule has 0 aliphatic carbocycles. The summed E-state index contributed by atoms with van der Waals surface area (Å²) in [7, 11) is 1.61. The van der Waals surface area contributed by atoms with Crippen molar-refractivity contribution >= 4 is 16.9 Å². The number of fused-ring (bicyclic) bond motifs is 1. The van der Waals surface area contributed by atoms with Crippen LogP contribution in [-0.2, 0) is 11.2 Å². The van der Waals surface area contributed by atoms with Crippen molar-refractivity contribution in [3.05, 3.63) is 47.7 Å². The number of rotatable bonds is 3. The summed E-state index contributed by atoms with van der Waals surface area (Å²) in [4.78, 5) is 11.4. The van der Waals surface area contributed by atoms with Crippen molar-refractivity contribution in [2.24, 2.45) is 0 Å².